The molecule has 186 valence electrons. The molecule has 1 aliphatic rings. The van der Waals surface area contributed by atoms with Gasteiger partial charge in [0, 0.05) is 13.6 Å². The second-order valence-electron chi connectivity index (χ2n) is 8.00. The summed E-state index contributed by atoms with van der Waals surface area (Å²) in [7, 11) is -3.01. The van der Waals surface area contributed by atoms with Gasteiger partial charge >= 0.3 is 0 Å². The zero-order chi connectivity index (χ0) is 25.9. The molecule has 1 aliphatic heterocycles. The first kappa shape index (κ1) is 25.0. The number of amides is 3. The van der Waals surface area contributed by atoms with Crippen molar-refractivity contribution in [2.24, 2.45) is 0 Å². The Morgan fingerprint density at radius 3 is 2.00 bits per heavy atom. The maximum atomic E-state index is 13.2. The number of rotatable bonds is 9. The normalized spacial score (nSPS) is 14.0. The highest BCUT2D eigenvalue weighted by molar-refractivity contribution is 7.89. The van der Waals surface area contributed by atoms with E-state index in [4.69, 9.17) is 4.74 Å². The Hall–Kier alpha value is -4.06. The summed E-state index contributed by atoms with van der Waals surface area (Å²) in [5.41, 5.74) is 1.95. The maximum absolute atomic E-state index is 13.2. The van der Waals surface area contributed by atoms with Crippen LogP contribution in [0.2, 0.25) is 0 Å². The van der Waals surface area contributed by atoms with Gasteiger partial charge in [-0.25, -0.2) is 13.9 Å². The van der Waals surface area contributed by atoms with Crippen molar-refractivity contribution >= 4 is 27.7 Å². The Balaban J connectivity index is 1.50. The monoisotopic (exact) mass is 509 g/mol. The fraction of sp³-hybridized carbons (Fsp3) is 0.160. The molecule has 36 heavy (non-hydrogen) atoms. The van der Waals surface area contributed by atoms with Crippen LogP contribution in [0.3, 0.4) is 0 Å². The van der Waals surface area contributed by atoms with Crippen molar-refractivity contribution in [2.75, 3.05) is 13.6 Å². The van der Waals surface area contributed by atoms with E-state index in [1.165, 1.54) is 48.9 Å². The molecule has 0 fully saturated rings. The topological polar surface area (TPSA) is 133 Å². The molecular formula is C25H23N3O7S. The van der Waals surface area contributed by atoms with E-state index in [0.29, 0.717) is 11.5 Å². The summed E-state index contributed by atoms with van der Waals surface area (Å²) in [5.74, 6) is -1.06. The van der Waals surface area contributed by atoms with E-state index in [0.717, 1.165) is 9.21 Å². The number of ether oxygens (including phenoxy) is 1. The number of hydroxylamine groups is 1. The van der Waals surface area contributed by atoms with E-state index in [-0.39, 0.29) is 29.0 Å². The van der Waals surface area contributed by atoms with Crippen LogP contribution >= 0.6 is 0 Å². The lowest BCUT2D eigenvalue weighted by atomic mass is 10.1. The van der Waals surface area contributed by atoms with Gasteiger partial charge in [0.2, 0.25) is 10.0 Å². The van der Waals surface area contributed by atoms with Crippen LogP contribution in [0.4, 0.5) is 0 Å². The molecule has 0 saturated heterocycles. The number of likely N-dealkylation sites (N-methyl/N-ethyl adjacent to an activating group) is 1. The molecule has 1 atom stereocenters. The van der Waals surface area contributed by atoms with Crippen LogP contribution < -0.4 is 10.2 Å². The predicted molar refractivity (Wildman–Crippen MR) is 128 cm³/mol. The molecule has 4 rings (SSSR count). The first-order valence-corrected chi connectivity index (χ1v) is 12.4. The molecule has 11 heteroatoms. The molecule has 2 N–H and O–H groups in total. The van der Waals surface area contributed by atoms with Gasteiger partial charge < -0.3 is 4.74 Å². The largest absolute Gasteiger partial charge is 0.457 e. The molecule has 3 aromatic carbocycles. The van der Waals surface area contributed by atoms with Crippen molar-refractivity contribution in [1.29, 1.82) is 0 Å². The second kappa shape index (κ2) is 10.3. The predicted octanol–water partition coefficient (Wildman–Crippen LogP) is 2.66. The number of nitrogens with zero attached hydrogens (tertiary/aromatic N) is 2. The molecule has 3 aromatic rings. The van der Waals surface area contributed by atoms with Crippen LogP contribution in [-0.2, 0) is 14.8 Å². The molecule has 0 saturated carbocycles. The van der Waals surface area contributed by atoms with E-state index in [9.17, 15) is 28.0 Å². The van der Waals surface area contributed by atoms with Gasteiger partial charge in [0.1, 0.15) is 17.5 Å². The van der Waals surface area contributed by atoms with E-state index >= 15 is 0 Å². The first-order valence-electron chi connectivity index (χ1n) is 10.9. The minimum Gasteiger partial charge on any atom is -0.457 e. The average molecular weight is 510 g/mol. The number of fused-ring (bicyclic) bond motifs is 1. The third-order valence-corrected chi connectivity index (χ3v) is 7.72. The minimum absolute atomic E-state index is 0.109. The molecule has 0 aromatic heterocycles. The van der Waals surface area contributed by atoms with Gasteiger partial charge in [0.15, 0.2) is 0 Å². The smallest absolute Gasteiger partial charge is 0.261 e. The standard InChI is InChI=1S/C25H23N3O7S/c1-27(36(33,34)19-13-11-18(12-14-19)35-17-7-3-2-4-8-17)22(23(29)26-32)15-16-28-24(30)20-9-5-6-10-21(20)25(28)31/h2-14,22,32H,15-16H2,1H3,(H,26,29)/t22-/m1/s1. The van der Waals surface area contributed by atoms with Gasteiger partial charge in [-0.1, -0.05) is 30.3 Å². The zero-order valence-electron chi connectivity index (χ0n) is 19.2. The van der Waals surface area contributed by atoms with E-state index in [1.54, 1.807) is 36.4 Å². The van der Waals surface area contributed by atoms with Crippen molar-refractivity contribution in [1.82, 2.24) is 14.7 Å². The molecule has 10 nitrogen and oxygen atoms in total. The number of carbonyl (C=O) groups excluding carboxylic acids is 3. The molecule has 0 bridgehead atoms. The zero-order valence-corrected chi connectivity index (χ0v) is 20.0. The quantitative estimate of drug-likeness (QED) is 0.257. The lowest BCUT2D eigenvalue weighted by molar-refractivity contribution is -0.133. The summed E-state index contributed by atoms with van der Waals surface area (Å²) in [4.78, 5) is 38.5. The molecule has 1 heterocycles. The fourth-order valence-electron chi connectivity index (χ4n) is 3.88. The average Bonchev–Trinajstić information content (AvgIpc) is 3.14. The van der Waals surface area contributed by atoms with Gasteiger partial charge in [0.05, 0.1) is 16.0 Å². The summed E-state index contributed by atoms with van der Waals surface area (Å²) in [6, 6.07) is 19.5. The number of benzene rings is 3. The van der Waals surface area contributed by atoms with E-state index in [1.807, 2.05) is 6.07 Å². The van der Waals surface area contributed by atoms with Crippen LogP contribution in [0.5, 0.6) is 11.5 Å². The van der Waals surface area contributed by atoms with Gasteiger partial charge in [-0.2, -0.15) is 4.31 Å². The fourth-order valence-corrected chi connectivity index (χ4v) is 5.23. The Labute approximate surface area is 207 Å². The van der Waals surface area contributed by atoms with Crippen LogP contribution in [0, 0.1) is 0 Å². The van der Waals surface area contributed by atoms with Crippen molar-refractivity contribution in [3.8, 4) is 11.5 Å². The third kappa shape index (κ3) is 4.85. The number of nitrogens with one attached hydrogen (secondary N) is 1. The number of carbonyl (C=O) groups is 3. The highest BCUT2D eigenvalue weighted by Crippen LogP contribution is 2.26. The summed E-state index contributed by atoms with van der Waals surface area (Å²) >= 11 is 0. The highest BCUT2D eigenvalue weighted by atomic mass is 32.2. The van der Waals surface area contributed by atoms with Gasteiger partial charge in [-0.3, -0.25) is 24.5 Å². The van der Waals surface area contributed by atoms with Crippen LogP contribution in [0.1, 0.15) is 27.1 Å². The first-order chi connectivity index (χ1) is 17.2. The molecule has 0 aliphatic carbocycles. The third-order valence-electron chi connectivity index (χ3n) is 5.84. The number of para-hydroxylation sites is 1. The Bertz CT molecular complexity index is 1360. The lowest BCUT2D eigenvalue weighted by Gasteiger charge is -2.27. The minimum atomic E-state index is -4.19. The highest BCUT2D eigenvalue weighted by Gasteiger charge is 2.38. The van der Waals surface area contributed by atoms with Gasteiger partial charge in [-0.15, -0.1) is 0 Å². The van der Waals surface area contributed by atoms with Crippen molar-refractivity contribution in [3.63, 3.8) is 0 Å². The Morgan fingerprint density at radius 2 is 1.44 bits per heavy atom. The van der Waals surface area contributed by atoms with Gasteiger partial charge in [0.25, 0.3) is 17.7 Å². The van der Waals surface area contributed by atoms with Crippen molar-refractivity contribution in [3.05, 3.63) is 90.0 Å². The van der Waals surface area contributed by atoms with E-state index in [2.05, 4.69) is 0 Å². The SMILES string of the molecule is CN([C@H](CCN1C(=O)c2ccccc2C1=O)C(=O)NO)S(=O)(=O)c1ccc(Oc2ccccc2)cc1. The maximum Gasteiger partial charge on any atom is 0.261 e. The summed E-state index contributed by atoms with van der Waals surface area (Å²) in [6.07, 6.45) is -0.233. The number of hydrogen-bond donors (Lipinski definition) is 2. The van der Waals surface area contributed by atoms with Crippen LogP contribution in [-0.4, -0.2) is 60.2 Å². The number of sulfonamides is 1. The summed E-state index contributed by atoms with van der Waals surface area (Å²) < 4.78 is 33.0. The lowest BCUT2D eigenvalue weighted by Crippen LogP contribution is -2.48. The van der Waals surface area contributed by atoms with Crippen LogP contribution in [0.15, 0.2) is 83.8 Å². The van der Waals surface area contributed by atoms with Crippen LogP contribution in [0.25, 0.3) is 0 Å². The molecule has 0 spiro atoms. The van der Waals surface area contributed by atoms with Crippen molar-refractivity contribution < 1.29 is 32.7 Å². The van der Waals surface area contributed by atoms with Crippen molar-refractivity contribution in [2.45, 2.75) is 17.4 Å². The summed E-state index contributed by atoms with van der Waals surface area (Å²) in [5, 5.41) is 9.22. The molecule has 0 radical (unpaired) electrons. The van der Waals surface area contributed by atoms with E-state index < -0.39 is 33.8 Å². The number of hydrogen-bond acceptors (Lipinski definition) is 7. The molecule has 0 unspecified atom stereocenters. The Morgan fingerprint density at radius 1 is 0.917 bits per heavy atom. The molecular weight excluding hydrogens is 486 g/mol. The number of imide groups is 1. The second-order valence-corrected chi connectivity index (χ2v) is 9.99. The summed E-state index contributed by atoms with van der Waals surface area (Å²) in [6.45, 7) is -0.228. The van der Waals surface area contributed by atoms with Gasteiger partial charge in [-0.05, 0) is 55.0 Å². The Kier molecular flexibility index (Phi) is 7.15. The molecule has 3 amide bonds.